The number of hydrogen-bond acceptors (Lipinski definition) is 5. The summed E-state index contributed by atoms with van der Waals surface area (Å²) in [5, 5.41) is 13.4. The number of hydrogen-bond donors (Lipinski definition) is 1. The molecule has 1 N–H and O–H groups in total. The number of carbonyl (C=O) groups excluding carboxylic acids is 2. The number of nitrogens with zero attached hydrogens (tertiary/aromatic N) is 1. The normalized spacial score (nSPS) is 11.5. The van der Waals surface area contributed by atoms with Crippen molar-refractivity contribution in [2.24, 2.45) is 0 Å². The second-order valence-electron chi connectivity index (χ2n) is 4.94. The smallest absolute Gasteiger partial charge is 0.341 e. The maximum atomic E-state index is 12.1. The third-order valence-electron chi connectivity index (χ3n) is 3.14. The number of rotatable bonds is 5. The highest BCUT2D eigenvalue weighted by Crippen LogP contribution is 2.25. The van der Waals surface area contributed by atoms with Gasteiger partial charge in [-0.25, -0.2) is 4.79 Å². The van der Waals surface area contributed by atoms with Crippen molar-refractivity contribution in [1.82, 2.24) is 0 Å². The lowest BCUT2D eigenvalue weighted by molar-refractivity contribution is -0.384. The standard InChI is InChI=1S/C16H12Cl2N2O5/c1-9(25-16(22)14-12(17)6-3-7-13(14)18)15(21)19-10-4-2-5-11(8-10)20(23)24/h2-9H,1H3,(H,19,21)/t9-/m1/s1. The summed E-state index contributed by atoms with van der Waals surface area (Å²) < 4.78 is 5.06. The van der Waals surface area contributed by atoms with Gasteiger partial charge in [0.1, 0.15) is 0 Å². The van der Waals surface area contributed by atoms with Crippen LogP contribution in [0.25, 0.3) is 0 Å². The van der Waals surface area contributed by atoms with Gasteiger partial charge < -0.3 is 10.1 Å². The van der Waals surface area contributed by atoms with Gasteiger partial charge >= 0.3 is 5.97 Å². The first kappa shape index (κ1) is 18.7. The van der Waals surface area contributed by atoms with E-state index in [4.69, 9.17) is 27.9 Å². The van der Waals surface area contributed by atoms with Gasteiger partial charge in [0.25, 0.3) is 11.6 Å². The number of carbonyl (C=O) groups is 2. The van der Waals surface area contributed by atoms with Crippen molar-refractivity contribution in [3.05, 3.63) is 68.2 Å². The number of halogens is 2. The average Bonchev–Trinajstić information content (AvgIpc) is 2.54. The summed E-state index contributed by atoms with van der Waals surface area (Å²) in [6, 6.07) is 9.89. The van der Waals surface area contributed by atoms with Crippen molar-refractivity contribution < 1.29 is 19.2 Å². The van der Waals surface area contributed by atoms with E-state index < -0.39 is 22.9 Å². The number of benzene rings is 2. The third-order valence-corrected chi connectivity index (χ3v) is 3.77. The molecule has 0 aliphatic carbocycles. The molecule has 130 valence electrons. The molecule has 0 radical (unpaired) electrons. The number of amides is 1. The Balaban J connectivity index is 2.06. The van der Waals surface area contributed by atoms with E-state index in [1.807, 2.05) is 0 Å². The summed E-state index contributed by atoms with van der Waals surface area (Å²) in [6.45, 7) is 1.36. The van der Waals surface area contributed by atoms with E-state index in [0.717, 1.165) is 0 Å². The molecular weight excluding hydrogens is 371 g/mol. The summed E-state index contributed by atoms with van der Waals surface area (Å²) in [4.78, 5) is 34.4. The summed E-state index contributed by atoms with van der Waals surface area (Å²) in [5.41, 5.74) is -0.0102. The lowest BCUT2D eigenvalue weighted by Gasteiger charge is -2.14. The molecular formula is C16H12Cl2N2O5. The van der Waals surface area contributed by atoms with Crippen molar-refractivity contribution in [1.29, 1.82) is 0 Å². The van der Waals surface area contributed by atoms with Gasteiger partial charge in [-0.05, 0) is 25.1 Å². The van der Waals surface area contributed by atoms with Crippen LogP contribution in [0.4, 0.5) is 11.4 Å². The van der Waals surface area contributed by atoms with Gasteiger partial charge in [-0.3, -0.25) is 14.9 Å². The summed E-state index contributed by atoms with van der Waals surface area (Å²) in [7, 11) is 0. The monoisotopic (exact) mass is 382 g/mol. The van der Waals surface area contributed by atoms with Gasteiger partial charge in [-0.15, -0.1) is 0 Å². The fourth-order valence-corrected chi connectivity index (χ4v) is 2.46. The predicted molar refractivity (Wildman–Crippen MR) is 93.1 cm³/mol. The van der Waals surface area contributed by atoms with E-state index in [-0.39, 0.29) is 27.0 Å². The number of non-ortho nitro benzene ring substituents is 1. The molecule has 0 bridgehead atoms. The number of nitro groups is 1. The highest BCUT2D eigenvalue weighted by atomic mass is 35.5. The van der Waals surface area contributed by atoms with Crippen LogP contribution in [0.15, 0.2) is 42.5 Å². The van der Waals surface area contributed by atoms with Gasteiger partial charge in [0.15, 0.2) is 6.10 Å². The van der Waals surface area contributed by atoms with Gasteiger partial charge in [0.2, 0.25) is 0 Å². The van der Waals surface area contributed by atoms with Crippen LogP contribution in [0.2, 0.25) is 10.0 Å². The number of ether oxygens (including phenoxy) is 1. The fraction of sp³-hybridized carbons (Fsp3) is 0.125. The van der Waals surface area contributed by atoms with Gasteiger partial charge in [0.05, 0.1) is 20.5 Å². The van der Waals surface area contributed by atoms with Crippen LogP contribution in [0.3, 0.4) is 0 Å². The van der Waals surface area contributed by atoms with E-state index in [9.17, 15) is 19.7 Å². The van der Waals surface area contributed by atoms with Crippen molar-refractivity contribution in [2.75, 3.05) is 5.32 Å². The molecule has 0 saturated heterocycles. The Kier molecular flexibility index (Phi) is 5.95. The largest absolute Gasteiger partial charge is 0.449 e. The van der Waals surface area contributed by atoms with Crippen LogP contribution in [0.1, 0.15) is 17.3 Å². The zero-order valence-electron chi connectivity index (χ0n) is 12.9. The molecule has 7 nitrogen and oxygen atoms in total. The minimum Gasteiger partial charge on any atom is -0.449 e. The fourth-order valence-electron chi connectivity index (χ4n) is 1.91. The van der Waals surface area contributed by atoms with Crippen LogP contribution in [0, 0.1) is 10.1 Å². The Labute approximate surface area is 152 Å². The average molecular weight is 383 g/mol. The Bertz CT molecular complexity index is 821. The molecule has 0 unspecified atom stereocenters. The lowest BCUT2D eigenvalue weighted by atomic mass is 10.2. The van der Waals surface area contributed by atoms with Crippen molar-refractivity contribution in [3.8, 4) is 0 Å². The molecule has 0 spiro atoms. The molecule has 0 heterocycles. The summed E-state index contributed by atoms with van der Waals surface area (Å²) >= 11 is 11.8. The van der Waals surface area contributed by atoms with E-state index >= 15 is 0 Å². The van der Waals surface area contributed by atoms with Crippen LogP contribution < -0.4 is 5.32 Å². The first-order chi connectivity index (χ1) is 11.8. The van der Waals surface area contributed by atoms with E-state index in [1.165, 1.54) is 43.3 Å². The summed E-state index contributed by atoms with van der Waals surface area (Å²) in [5.74, 6) is -1.51. The van der Waals surface area contributed by atoms with Crippen molar-refractivity contribution in [2.45, 2.75) is 13.0 Å². The number of nitrogens with one attached hydrogen (secondary N) is 1. The molecule has 1 atom stereocenters. The van der Waals surface area contributed by atoms with E-state index in [0.29, 0.717) is 0 Å². The first-order valence-electron chi connectivity index (χ1n) is 7.00. The number of nitro benzene ring substituents is 1. The molecule has 1 amide bonds. The minimum atomic E-state index is -1.17. The second kappa shape index (κ2) is 7.96. The quantitative estimate of drug-likeness (QED) is 0.477. The molecule has 2 aromatic carbocycles. The molecule has 0 aromatic heterocycles. The zero-order chi connectivity index (χ0) is 18.6. The highest BCUT2D eigenvalue weighted by Gasteiger charge is 2.23. The molecule has 0 aliphatic rings. The third kappa shape index (κ3) is 4.68. The topological polar surface area (TPSA) is 98.5 Å². The maximum Gasteiger partial charge on any atom is 0.341 e. The maximum absolute atomic E-state index is 12.1. The Hall–Kier alpha value is -2.64. The molecule has 0 saturated carbocycles. The molecule has 0 aliphatic heterocycles. The molecule has 0 fully saturated rings. The van der Waals surface area contributed by atoms with Crippen LogP contribution >= 0.6 is 23.2 Å². The SMILES string of the molecule is C[C@@H](OC(=O)c1c(Cl)cccc1Cl)C(=O)Nc1cccc([N+](=O)[O-])c1. The van der Waals surface area contributed by atoms with Crippen LogP contribution in [0.5, 0.6) is 0 Å². The molecule has 2 aromatic rings. The second-order valence-corrected chi connectivity index (χ2v) is 5.76. The Morgan fingerprint density at radius 2 is 1.76 bits per heavy atom. The number of anilines is 1. The Morgan fingerprint density at radius 3 is 2.36 bits per heavy atom. The van der Waals surface area contributed by atoms with Crippen molar-refractivity contribution in [3.63, 3.8) is 0 Å². The van der Waals surface area contributed by atoms with Gasteiger partial charge in [-0.2, -0.15) is 0 Å². The predicted octanol–water partition coefficient (Wildman–Crippen LogP) is 4.09. The lowest BCUT2D eigenvalue weighted by Crippen LogP contribution is -2.30. The van der Waals surface area contributed by atoms with Crippen LogP contribution in [-0.4, -0.2) is 22.9 Å². The molecule has 2 rings (SSSR count). The summed E-state index contributed by atoms with van der Waals surface area (Å²) in [6.07, 6.45) is -1.17. The van der Waals surface area contributed by atoms with Gasteiger partial charge in [0, 0.05) is 17.8 Å². The van der Waals surface area contributed by atoms with E-state index in [2.05, 4.69) is 5.32 Å². The number of esters is 1. The molecule has 9 heteroatoms. The minimum absolute atomic E-state index is 0.0409. The van der Waals surface area contributed by atoms with Crippen molar-refractivity contribution >= 4 is 46.5 Å². The first-order valence-corrected chi connectivity index (χ1v) is 7.75. The molecule has 25 heavy (non-hydrogen) atoms. The van der Waals surface area contributed by atoms with Crippen LogP contribution in [-0.2, 0) is 9.53 Å². The zero-order valence-corrected chi connectivity index (χ0v) is 14.4. The highest BCUT2D eigenvalue weighted by molar-refractivity contribution is 6.39. The van der Waals surface area contributed by atoms with E-state index in [1.54, 1.807) is 6.07 Å². The van der Waals surface area contributed by atoms with Gasteiger partial charge in [-0.1, -0.05) is 35.3 Å². The Morgan fingerprint density at radius 1 is 1.16 bits per heavy atom.